The van der Waals surface area contributed by atoms with Gasteiger partial charge in [0.05, 0.1) is 19.4 Å². The van der Waals surface area contributed by atoms with Crippen LogP contribution in [-0.2, 0) is 6.42 Å². The highest BCUT2D eigenvalue weighted by Crippen LogP contribution is 2.12. The van der Waals surface area contributed by atoms with Gasteiger partial charge in [0.1, 0.15) is 5.75 Å². The topological polar surface area (TPSA) is 42.4 Å². The van der Waals surface area contributed by atoms with Crippen LogP contribution >= 0.6 is 0 Å². The molecule has 0 aromatic carbocycles. The highest BCUT2D eigenvalue weighted by Gasteiger charge is 1.99. The van der Waals surface area contributed by atoms with Gasteiger partial charge in [-0.15, -0.1) is 0 Å². The van der Waals surface area contributed by atoms with Crippen LogP contribution in [0.4, 0.5) is 0 Å². The van der Waals surface area contributed by atoms with Crippen molar-refractivity contribution in [1.29, 1.82) is 0 Å². The molecule has 0 saturated carbocycles. The molecule has 0 bridgehead atoms. The summed E-state index contributed by atoms with van der Waals surface area (Å²) in [6.07, 6.45) is 4.80. The maximum atomic E-state index is 9.09. The molecule has 72 valence electrons. The van der Waals surface area contributed by atoms with Gasteiger partial charge in [-0.2, -0.15) is 0 Å². The van der Waals surface area contributed by atoms with Crippen LogP contribution in [0.25, 0.3) is 0 Å². The molecule has 3 heteroatoms. The summed E-state index contributed by atoms with van der Waals surface area (Å²) in [5.41, 5.74) is 1.10. The van der Waals surface area contributed by atoms with E-state index in [1.807, 2.05) is 6.07 Å². The van der Waals surface area contributed by atoms with Gasteiger partial charge in [-0.05, 0) is 31.4 Å². The molecule has 1 atom stereocenters. The monoisotopic (exact) mass is 181 g/mol. The van der Waals surface area contributed by atoms with Crippen molar-refractivity contribution in [3.8, 4) is 5.75 Å². The average molecular weight is 181 g/mol. The largest absolute Gasteiger partial charge is 0.495 e. The van der Waals surface area contributed by atoms with Crippen LogP contribution in [0.1, 0.15) is 18.9 Å². The Kier molecular flexibility index (Phi) is 3.71. The van der Waals surface area contributed by atoms with Crippen LogP contribution in [-0.4, -0.2) is 23.3 Å². The van der Waals surface area contributed by atoms with E-state index in [1.165, 1.54) is 0 Å². The number of nitrogens with zero attached hydrogens (tertiary/aromatic N) is 1. The van der Waals surface area contributed by atoms with Gasteiger partial charge in [0.2, 0.25) is 0 Å². The first kappa shape index (κ1) is 9.99. The van der Waals surface area contributed by atoms with Crippen molar-refractivity contribution in [2.45, 2.75) is 25.9 Å². The number of aliphatic hydroxyl groups is 1. The summed E-state index contributed by atoms with van der Waals surface area (Å²) >= 11 is 0. The lowest BCUT2D eigenvalue weighted by molar-refractivity contribution is 0.185. The molecule has 0 spiro atoms. The Labute approximate surface area is 78.4 Å². The van der Waals surface area contributed by atoms with E-state index >= 15 is 0 Å². The second-order valence-electron chi connectivity index (χ2n) is 3.12. The van der Waals surface area contributed by atoms with E-state index in [1.54, 1.807) is 26.4 Å². The lowest BCUT2D eigenvalue weighted by Crippen LogP contribution is -2.01. The van der Waals surface area contributed by atoms with Gasteiger partial charge in [-0.1, -0.05) is 0 Å². The Morgan fingerprint density at radius 3 is 2.92 bits per heavy atom. The second kappa shape index (κ2) is 4.82. The highest BCUT2D eigenvalue weighted by atomic mass is 16.5. The van der Waals surface area contributed by atoms with Crippen molar-refractivity contribution < 1.29 is 9.84 Å². The summed E-state index contributed by atoms with van der Waals surface area (Å²) in [5.74, 6) is 0.767. The van der Waals surface area contributed by atoms with E-state index in [9.17, 15) is 0 Å². The standard InChI is InChI=1S/C10H15NO2/c1-8(12)3-4-9-5-10(13-2)7-11-6-9/h5-8,12H,3-4H2,1-2H3. The van der Waals surface area contributed by atoms with Crippen molar-refractivity contribution in [3.63, 3.8) is 0 Å². The van der Waals surface area contributed by atoms with Crippen molar-refractivity contribution >= 4 is 0 Å². The number of pyridine rings is 1. The molecule has 0 aliphatic carbocycles. The predicted molar refractivity (Wildman–Crippen MR) is 50.8 cm³/mol. The Morgan fingerprint density at radius 2 is 2.31 bits per heavy atom. The number of aryl methyl sites for hydroxylation is 1. The van der Waals surface area contributed by atoms with Crippen molar-refractivity contribution in [2.24, 2.45) is 0 Å². The number of rotatable bonds is 4. The van der Waals surface area contributed by atoms with Crippen LogP contribution in [0.15, 0.2) is 18.5 Å². The molecule has 3 nitrogen and oxygen atoms in total. The predicted octanol–water partition coefficient (Wildman–Crippen LogP) is 1.40. The fourth-order valence-corrected chi connectivity index (χ4v) is 1.09. The zero-order chi connectivity index (χ0) is 9.68. The summed E-state index contributed by atoms with van der Waals surface area (Å²) < 4.78 is 5.04. The molecule has 0 radical (unpaired) electrons. The molecule has 1 heterocycles. The fourth-order valence-electron chi connectivity index (χ4n) is 1.09. The number of hydrogen-bond donors (Lipinski definition) is 1. The molecule has 0 aliphatic rings. The van der Waals surface area contributed by atoms with Crippen molar-refractivity contribution in [2.75, 3.05) is 7.11 Å². The van der Waals surface area contributed by atoms with Crippen LogP contribution < -0.4 is 4.74 Å². The minimum Gasteiger partial charge on any atom is -0.495 e. The molecule has 1 N–H and O–H groups in total. The quantitative estimate of drug-likeness (QED) is 0.763. The molecular formula is C10H15NO2. The van der Waals surface area contributed by atoms with Crippen LogP contribution in [0.5, 0.6) is 5.75 Å². The lowest BCUT2D eigenvalue weighted by Gasteiger charge is -2.05. The molecule has 0 fully saturated rings. The molecule has 0 aliphatic heterocycles. The van der Waals surface area contributed by atoms with Gasteiger partial charge in [-0.3, -0.25) is 4.98 Å². The van der Waals surface area contributed by atoms with Crippen LogP contribution in [0.2, 0.25) is 0 Å². The number of aromatic nitrogens is 1. The highest BCUT2D eigenvalue weighted by molar-refractivity contribution is 5.23. The number of hydrogen-bond acceptors (Lipinski definition) is 3. The molecule has 1 aromatic rings. The first-order valence-corrected chi connectivity index (χ1v) is 4.38. The normalized spacial score (nSPS) is 12.5. The van der Waals surface area contributed by atoms with Gasteiger partial charge >= 0.3 is 0 Å². The molecule has 13 heavy (non-hydrogen) atoms. The lowest BCUT2D eigenvalue weighted by atomic mass is 10.1. The van der Waals surface area contributed by atoms with Gasteiger partial charge in [0.25, 0.3) is 0 Å². The molecule has 1 rings (SSSR count). The first-order valence-electron chi connectivity index (χ1n) is 4.38. The minimum atomic E-state index is -0.258. The van der Waals surface area contributed by atoms with Crippen LogP contribution in [0.3, 0.4) is 0 Å². The van der Waals surface area contributed by atoms with Crippen molar-refractivity contribution in [1.82, 2.24) is 4.98 Å². The van der Waals surface area contributed by atoms with Gasteiger partial charge in [-0.25, -0.2) is 0 Å². The first-order chi connectivity index (χ1) is 6.22. The van der Waals surface area contributed by atoms with Gasteiger partial charge < -0.3 is 9.84 Å². The fraction of sp³-hybridized carbons (Fsp3) is 0.500. The van der Waals surface area contributed by atoms with E-state index in [0.29, 0.717) is 0 Å². The Hall–Kier alpha value is -1.09. The zero-order valence-electron chi connectivity index (χ0n) is 8.03. The zero-order valence-corrected chi connectivity index (χ0v) is 8.03. The third-order valence-electron chi connectivity index (χ3n) is 1.86. The second-order valence-corrected chi connectivity index (χ2v) is 3.12. The van der Waals surface area contributed by atoms with Gasteiger partial charge in [0, 0.05) is 6.20 Å². The Morgan fingerprint density at radius 1 is 1.54 bits per heavy atom. The van der Waals surface area contributed by atoms with E-state index in [0.717, 1.165) is 24.2 Å². The summed E-state index contributed by atoms with van der Waals surface area (Å²) in [7, 11) is 1.62. The maximum absolute atomic E-state index is 9.09. The van der Waals surface area contributed by atoms with E-state index in [2.05, 4.69) is 4.98 Å². The Balaban J connectivity index is 2.56. The molecular weight excluding hydrogens is 166 g/mol. The summed E-state index contributed by atoms with van der Waals surface area (Å²) in [6.45, 7) is 1.79. The van der Waals surface area contributed by atoms with Crippen LogP contribution in [0, 0.1) is 0 Å². The van der Waals surface area contributed by atoms with Crippen molar-refractivity contribution in [3.05, 3.63) is 24.0 Å². The Bertz CT molecular complexity index is 261. The number of methoxy groups -OCH3 is 1. The SMILES string of the molecule is COc1cncc(CCC(C)O)c1. The van der Waals surface area contributed by atoms with E-state index < -0.39 is 0 Å². The minimum absolute atomic E-state index is 0.258. The smallest absolute Gasteiger partial charge is 0.137 e. The number of ether oxygens (including phenoxy) is 1. The van der Waals surface area contributed by atoms with E-state index in [4.69, 9.17) is 9.84 Å². The summed E-state index contributed by atoms with van der Waals surface area (Å²) in [5, 5.41) is 9.09. The summed E-state index contributed by atoms with van der Waals surface area (Å²) in [4.78, 5) is 4.03. The third kappa shape index (κ3) is 3.42. The third-order valence-corrected chi connectivity index (χ3v) is 1.86. The molecule has 0 saturated heterocycles. The molecule has 0 amide bonds. The molecule has 1 aromatic heterocycles. The number of aliphatic hydroxyl groups excluding tert-OH is 1. The average Bonchev–Trinajstić information content (AvgIpc) is 2.15. The maximum Gasteiger partial charge on any atom is 0.137 e. The molecule has 1 unspecified atom stereocenters. The van der Waals surface area contributed by atoms with E-state index in [-0.39, 0.29) is 6.10 Å². The van der Waals surface area contributed by atoms with Gasteiger partial charge in [0.15, 0.2) is 0 Å². The summed E-state index contributed by atoms with van der Waals surface area (Å²) in [6, 6.07) is 1.94.